The number of terminal acetylenes is 1. The van der Waals surface area contributed by atoms with Crippen molar-refractivity contribution < 1.29 is 14.3 Å². The zero-order valence-electron chi connectivity index (χ0n) is 17.9. The number of primary amides is 1. The lowest BCUT2D eigenvalue weighted by atomic mass is 10.1. The summed E-state index contributed by atoms with van der Waals surface area (Å²) in [6, 6.07) is 14.8. The Hall–Kier alpha value is -3.10. The van der Waals surface area contributed by atoms with Crippen molar-refractivity contribution in [1.29, 1.82) is 0 Å². The zero-order valence-corrected chi connectivity index (χ0v) is 17.9. The van der Waals surface area contributed by atoms with E-state index in [9.17, 15) is 9.59 Å². The number of benzene rings is 2. The number of carbonyl (C=O) groups excluding carboxylic acids is 2. The summed E-state index contributed by atoms with van der Waals surface area (Å²) in [7, 11) is 0. The van der Waals surface area contributed by atoms with Gasteiger partial charge in [0, 0.05) is 11.1 Å². The normalized spacial score (nSPS) is 15.5. The number of nitrogens with zero attached hydrogens (tertiary/aromatic N) is 1. The first-order valence-corrected chi connectivity index (χ1v) is 10.9. The van der Waals surface area contributed by atoms with E-state index in [0.717, 1.165) is 5.75 Å². The fraction of sp³-hybridized carbons (Fsp3) is 0.385. The predicted octanol–water partition coefficient (Wildman–Crippen LogP) is 3.59. The number of hydrogen-bond donors (Lipinski definition) is 1. The Morgan fingerprint density at radius 1 is 1.03 bits per heavy atom. The quantitative estimate of drug-likeness (QED) is 0.404. The number of amides is 1. The summed E-state index contributed by atoms with van der Waals surface area (Å²) in [5.41, 5.74) is 7.16. The topological polar surface area (TPSA) is 72.6 Å². The molecule has 1 heterocycles. The summed E-state index contributed by atoms with van der Waals surface area (Å²) >= 11 is 0. The number of hydrogen-bond acceptors (Lipinski definition) is 4. The maximum Gasteiger partial charge on any atom is 0.289 e. The second-order valence-corrected chi connectivity index (χ2v) is 8.03. The van der Waals surface area contributed by atoms with Crippen molar-refractivity contribution in [3.8, 4) is 18.1 Å². The van der Waals surface area contributed by atoms with E-state index in [1.54, 1.807) is 12.1 Å². The zero-order chi connectivity index (χ0) is 22.1. The van der Waals surface area contributed by atoms with Crippen LogP contribution in [0.5, 0.6) is 5.75 Å². The van der Waals surface area contributed by atoms with Crippen LogP contribution in [0.3, 0.4) is 0 Å². The number of nitrogens with two attached hydrogens (primary N) is 1. The molecule has 5 nitrogen and oxygen atoms in total. The molecule has 1 amide bonds. The maximum atomic E-state index is 11.0. The monoisotopic (exact) mass is 418 g/mol. The van der Waals surface area contributed by atoms with Gasteiger partial charge >= 0.3 is 0 Å². The van der Waals surface area contributed by atoms with Gasteiger partial charge < -0.3 is 15.4 Å². The van der Waals surface area contributed by atoms with Gasteiger partial charge in [-0.25, -0.2) is 0 Å². The van der Waals surface area contributed by atoms with Crippen molar-refractivity contribution in [2.75, 3.05) is 19.6 Å². The first kappa shape index (κ1) is 22.6. The number of rotatable bonds is 8. The molecule has 2 N–H and O–H groups in total. The molecule has 0 bridgehead atoms. The number of likely N-dealkylation sites (tertiary alicyclic amines) is 1. The first-order chi connectivity index (χ1) is 15.0. The Labute approximate surface area is 184 Å². The van der Waals surface area contributed by atoms with Crippen molar-refractivity contribution in [2.24, 2.45) is 5.73 Å². The van der Waals surface area contributed by atoms with E-state index in [-0.39, 0.29) is 5.56 Å². The highest BCUT2D eigenvalue weighted by Crippen LogP contribution is 2.26. The van der Waals surface area contributed by atoms with E-state index >= 15 is 0 Å². The molecular weight excluding hydrogens is 388 g/mol. The van der Waals surface area contributed by atoms with Crippen LogP contribution in [0, 0.1) is 12.3 Å². The third-order valence-corrected chi connectivity index (χ3v) is 5.43. The fourth-order valence-electron chi connectivity index (χ4n) is 3.49. The number of ketones is 1. The predicted molar refractivity (Wildman–Crippen MR) is 122 cm³/mol. The lowest BCUT2D eigenvalue weighted by Crippen LogP contribution is -2.22. The van der Waals surface area contributed by atoms with Crippen LogP contribution in [0.4, 0.5) is 0 Å². The van der Waals surface area contributed by atoms with Crippen molar-refractivity contribution in [2.45, 2.75) is 44.6 Å². The molecule has 0 aromatic heterocycles. The highest BCUT2D eigenvalue weighted by Gasteiger charge is 2.23. The maximum absolute atomic E-state index is 11.0. The van der Waals surface area contributed by atoms with Crippen molar-refractivity contribution in [3.05, 3.63) is 65.2 Å². The van der Waals surface area contributed by atoms with E-state index in [1.807, 2.05) is 0 Å². The summed E-state index contributed by atoms with van der Waals surface area (Å²) in [5.74, 6) is 1.77. The Balaban J connectivity index is 0.000000187. The molecule has 31 heavy (non-hydrogen) atoms. The van der Waals surface area contributed by atoms with Gasteiger partial charge in [0.05, 0.1) is 6.10 Å². The summed E-state index contributed by atoms with van der Waals surface area (Å²) < 4.78 is 5.76. The van der Waals surface area contributed by atoms with E-state index in [0.29, 0.717) is 11.7 Å². The van der Waals surface area contributed by atoms with Crippen LogP contribution in [0.25, 0.3) is 0 Å². The highest BCUT2D eigenvalue weighted by molar-refractivity contribution is 6.42. The molecule has 0 radical (unpaired) electrons. The van der Waals surface area contributed by atoms with E-state index < -0.39 is 11.7 Å². The fourth-order valence-corrected chi connectivity index (χ4v) is 3.49. The Morgan fingerprint density at radius 3 is 2.23 bits per heavy atom. The van der Waals surface area contributed by atoms with E-state index in [1.165, 1.54) is 75.9 Å². The lowest BCUT2D eigenvalue weighted by molar-refractivity contribution is -0.114. The summed E-state index contributed by atoms with van der Waals surface area (Å²) in [6.07, 6.45) is 13.3. The third-order valence-electron chi connectivity index (χ3n) is 5.43. The SMILES string of the molecule is C#Cc1ccc(C(=O)C(N)=O)cc1.c1cc(OC2CC2)ccc1CCCN1CCCC1. The van der Waals surface area contributed by atoms with Crippen LogP contribution in [0.1, 0.15) is 53.6 Å². The third kappa shape index (κ3) is 7.58. The van der Waals surface area contributed by atoms with Crippen LogP contribution in [0.15, 0.2) is 48.5 Å². The van der Waals surface area contributed by atoms with Gasteiger partial charge in [-0.3, -0.25) is 9.59 Å². The van der Waals surface area contributed by atoms with Gasteiger partial charge in [-0.2, -0.15) is 0 Å². The van der Waals surface area contributed by atoms with Crippen LogP contribution in [-0.2, 0) is 11.2 Å². The van der Waals surface area contributed by atoms with Crippen LogP contribution >= 0.6 is 0 Å². The molecule has 162 valence electrons. The number of aryl methyl sites for hydroxylation is 1. The van der Waals surface area contributed by atoms with Gasteiger partial charge in [0.15, 0.2) is 0 Å². The van der Waals surface area contributed by atoms with Gasteiger partial charge in [-0.1, -0.05) is 18.1 Å². The van der Waals surface area contributed by atoms with Crippen molar-refractivity contribution in [1.82, 2.24) is 4.90 Å². The van der Waals surface area contributed by atoms with E-state index in [4.69, 9.17) is 16.9 Å². The first-order valence-electron chi connectivity index (χ1n) is 10.9. The molecule has 0 atom stereocenters. The average Bonchev–Trinajstić information content (AvgIpc) is 3.46. The highest BCUT2D eigenvalue weighted by atomic mass is 16.5. The number of Topliss-reactive ketones (excluding diaryl/α,β-unsaturated/α-hetero) is 1. The molecule has 0 unspecified atom stereocenters. The molecule has 0 spiro atoms. The molecule has 1 aliphatic carbocycles. The molecule has 2 fully saturated rings. The van der Waals surface area contributed by atoms with Gasteiger partial charge in [0.2, 0.25) is 5.78 Å². The minimum absolute atomic E-state index is 0.256. The molecule has 1 saturated heterocycles. The Kier molecular flexibility index (Phi) is 8.26. The standard InChI is InChI=1S/C16H23NO.C10H7NO2/c1-2-12-17(11-1)13-3-4-14-5-7-15(8-6-14)18-16-9-10-16;1-2-7-3-5-8(6-4-7)9(12)10(11)13/h5-8,16H,1-4,9-13H2;1,3-6H,(H2,11,13). The molecule has 2 aromatic rings. The molecule has 2 aromatic carbocycles. The largest absolute Gasteiger partial charge is 0.490 e. The second-order valence-electron chi connectivity index (χ2n) is 8.03. The molecule has 1 aliphatic heterocycles. The molecule has 4 rings (SSSR count). The molecule has 2 aliphatic rings. The van der Waals surface area contributed by atoms with E-state index in [2.05, 4.69) is 35.1 Å². The Bertz CT molecular complexity index is 903. The van der Waals surface area contributed by atoms with Gasteiger partial charge in [0.1, 0.15) is 5.75 Å². The number of ether oxygens (including phenoxy) is 1. The van der Waals surface area contributed by atoms with Crippen LogP contribution < -0.4 is 10.5 Å². The lowest BCUT2D eigenvalue weighted by Gasteiger charge is -2.14. The Morgan fingerprint density at radius 2 is 1.68 bits per heavy atom. The van der Waals surface area contributed by atoms with Crippen molar-refractivity contribution in [3.63, 3.8) is 0 Å². The summed E-state index contributed by atoms with van der Waals surface area (Å²) in [5, 5.41) is 0. The minimum Gasteiger partial charge on any atom is -0.490 e. The minimum atomic E-state index is -0.964. The smallest absolute Gasteiger partial charge is 0.289 e. The van der Waals surface area contributed by atoms with Gasteiger partial charge in [-0.05, 0) is 100 Å². The second kappa shape index (κ2) is 11.3. The number of carbonyl (C=O) groups is 2. The summed E-state index contributed by atoms with van der Waals surface area (Å²) in [6.45, 7) is 3.89. The summed E-state index contributed by atoms with van der Waals surface area (Å²) in [4.78, 5) is 24.1. The van der Waals surface area contributed by atoms with Gasteiger partial charge in [-0.15, -0.1) is 6.42 Å². The average molecular weight is 419 g/mol. The van der Waals surface area contributed by atoms with Gasteiger partial charge in [0.25, 0.3) is 5.91 Å². The molecular formula is C26H30N2O3. The molecule has 1 saturated carbocycles. The molecule has 5 heteroatoms. The van der Waals surface area contributed by atoms with Crippen LogP contribution in [0.2, 0.25) is 0 Å². The van der Waals surface area contributed by atoms with Crippen molar-refractivity contribution >= 4 is 11.7 Å². The van der Waals surface area contributed by atoms with Crippen LogP contribution in [-0.4, -0.2) is 42.3 Å².